The normalized spacial score (nSPS) is 10.7. The number of nitrogens with zero attached hydrogens (tertiary/aromatic N) is 2. The first-order valence-corrected chi connectivity index (χ1v) is 7.94. The summed E-state index contributed by atoms with van der Waals surface area (Å²) in [4.78, 5) is 6.27. The lowest BCUT2D eigenvalue weighted by Crippen LogP contribution is -2.38. The maximum Gasteiger partial charge on any atom is 0.193 e. The first kappa shape index (κ1) is 22.0. The molecule has 0 unspecified atom stereocenters. The van der Waals surface area contributed by atoms with Gasteiger partial charge in [-0.3, -0.25) is 4.99 Å². The van der Waals surface area contributed by atoms with Gasteiger partial charge in [0.2, 0.25) is 0 Å². The van der Waals surface area contributed by atoms with Crippen molar-refractivity contribution in [3.05, 3.63) is 59.4 Å². The van der Waals surface area contributed by atoms with Crippen LogP contribution in [0.3, 0.4) is 0 Å². The summed E-state index contributed by atoms with van der Waals surface area (Å²) < 4.78 is 23.6. The van der Waals surface area contributed by atoms with Crippen molar-refractivity contribution in [2.45, 2.75) is 13.1 Å². The van der Waals surface area contributed by atoms with Crippen LogP contribution in [0.2, 0.25) is 0 Å². The molecule has 142 valence electrons. The minimum atomic E-state index is -0.234. The highest BCUT2D eigenvalue weighted by molar-refractivity contribution is 14.0. The molecule has 0 aliphatic carbocycles. The van der Waals surface area contributed by atoms with Crippen LogP contribution in [0.5, 0.6) is 11.5 Å². The first-order valence-electron chi connectivity index (χ1n) is 7.94. The number of methoxy groups -OCH3 is 2. The zero-order valence-electron chi connectivity index (χ0n) is 15.5. The van der Waals surface area contributed by atoms with Gasteiger partial charge in [-0.1, -0.05) is 18.2 Å². The Morgan fingerprint density at radius 2 is 1.65 bits per heavy atom. The summed E-state index contributed by atoms with van der Waals surface area (Å²) in [6.45, 7) is 1.23. The summed E-state index contributed by atoms with van der Waals surface area (Å²) in [5, 5.41) is 3.31. The third-order valence-corrected chi connectivity index (χ3v) is 3.80. The molecule has 0 bridgehead atoms. The summed E-state index contributed by atoms with van der Waals surface area (Å²) in [7, 11) is 6.90. The molecule has 0 aliphatic rings. The minimum absolute atomic E-state index is 0. The maximum atomic E-state index is 13.0. The summed E-state index contributed by atoms with van der Waals surface area (Å²) in [6.07, 6.45) is 0. The Balaban J connectivity index is 0.00000338. The Kier molecular flexibility index (Phi) is 9.18. The molecule has 0 heterocycles. The molecule has 26 heavy (non-hydrogen) atoms. The molecule has 0 atom stereocenters. The molecule has 0 saturated heterocycles. The fraction of sp³-hybridized carbons (Fsp3) is 0.316. The summed E-state index contributed by atoms with van der Waals surface area (Å²) in [6, 6.07) is 12.2. The molecule has 5 nitrogen and oxygen atoms in total. The summed E-state index contributed by atoms with van der Waals surface area (Å²) >= 11 is 0. The van der Waals surface area contributed by atoms with Crippen LogP contribution in [0, 0.1) is 5.82 Å². The van der Waals surface area contributed by atoms with E-state index in [1.165, 1.54) is 12.1 Å². The lowest BCUT2D eigenvalue weighted by atomic mass is 10.2. The number of guanidine groups is 1. The smallest absolute Gasteiger partial charge is 0.193 e. The van der Waals surface area contributed by atoms with E-state index in [2.05, 4.69) is 10.3 Å². The van der Waals surface area contributed by atoms with Crippen molar-refractivity contribution in [3.8, 4) is 11.5 Å². The topological polar surface area (TPSA) is 46.1 Å². The van der Waals surface area contributed by atoms with Gasteiger partial charge in [0.25, 0.3) is 0 Å². The van der Waals surface area contributed by atoms with E-state index in [0.717, 1.165) is 17.1 Å². The van der Waals surface area contributed by atoms with E-state index in [1.807, 2.05) is 30.1 Å². The highest BCUT2D eigenvalue weighted by atomic mass is 127. The summed E-state index contributed by atoms with van der Waals surface area (Å²) in [5.41, 5.74) is 2.06. The van der Waals surface area contributed by atoms with Crippen molar-refractivity contribution in [2.75, 3.05) is 28.3 Å². The molecular formula is C19H25FIN3O2. The molecule has 1 N–H and O–H groups in total. The number of benzene rings is 2. The molecule has 2 rings (SSSR count). The van der Waals surface area contributed by atoms with E-state index < -0.39 is 0 Å². The van der Waals surface area contributed by atoms with Crippen molar-refractivity contribution >= 4 is 29.9 Å². The highest BCUT2D eigenvalue weighted by Crippen LogP contribution is 2.27. The van der Waals surface area contributed by atoms with E-state index in [-0.39, 0.29) is 29.8 Å². The SMILES string of the molecule is CN=C(NCc1ccc(OC)c(OC)c1)N(C)Cc1ccc(F)cc1.I. The second-order valence-corrected chi connectivity index (χ2v) is 5.57. The van der Waals surface area contributed by atoms with E-state index in [0.29, 0.717) is 24.6 Å². The Morgan fingerprint density at radius 1 is 1.04 bits per heavy atom. The van der Waals surface area contributed by atoms with Gasteiger partial charge in [-0.05, 0) is 35.4 Å². The predicted molar refractivity (Wildman–Crippen MR) is 113 cm³/mol. The largest absolute Gasteiger partial charge is 0.493 e. The van der Waals surface area contributed by atoms with Gasteiger partial charge >= 0.3 is 0 Å². The van der Waals surface area contributed by atoms with Crippen molar-refractivity contribution in [3.63, 3.8) is 0 Å². The van der Waals surface area contributed by atoms with E-state index in [1.54, 1.807) is 33.4 Å². The quantitative estimate of drug-likeness (QED) is 0.395. The first-order chi connectivity index (χ1) is 12.1. The molecule has 0 aromatic heterocycles. The Hall–Kier alpha value is -2.03. The monoisotopic (exact) mass is 473 g/mol. The molecule has 0 spiro atoms. The van der Waals surface area contributed by atoms with E-state index >= 15 is 0 Å². The Morgan fingerprint density at radius 3 is 2.23 bits per heavy atom. The summed E-state index contributed by atoms with van der Waals surface area (Å²) in [5.74, 6) is 1.90. The number of nitrogens with one attached hydrogen (secondary N) is 1. The second-order valence-electron chi connectivity index (χ2n) is 5.57. The number of hydrogen-bond acceptors (Lipinski definition) is 3. The highest BCUT2D eigenvalue weighted by Gasteiger charge is 2.09. The van der Waals surface area contributed by atoms with Crippen molar-refractivity contribution in [1.82, 2.24) is 10.2 Å². The van der Waals surface area contributed by atoms with E-state index in [4.69, 9.17) is 9.47 Å². The van der Waals surface area contributed by atoms with Gasteiger partial charge in [0.15, 0.2) is 17.5 Å². The third-order valence-electron chi connectivity index (χ3n) is 3.80. The van der Waals surface area contributed by atoms with Crippen LogP contribution < -0.4 is 14.8 Å². The van der Waals surface area contributed by atoms with Crippen molar-refractivity contribution in [2.24, 2.45) is 4.99 Å². The molecule has 0 fully saturated rings. The second kappa shape index (κ2) is 10.8. The number of hydrogen-bond donors (Lipinski definition) is 1. The molecule has 0 amide bonds. The number of aliphatic imine (C=N–C) groups is 1. The number of halogens is 2. The minimum Gasteiger partial charge on any atom is -0.493 e. The van der Waals surface area contributed by atoms with Gasteiger partial charge in [0, 0.05) is 27.2 Å². The number of ether oxygens (including phenoxy) is 2. The maximum absolute atomic E-state index is 13.0. The van der Waals surface area contributed by atoms with Crippen LogP contribution in [-0.2, 0) is 13.1 Å². The fourth-order valence-electron chi connectivity index (χ4n) is 2.49. The van der Waals surface area contributed by atoms with Gasteiger partial charge in [-0.15, -0.1) is 24.0 Å². The van der Waals surface area contributed by atoms with Crippen LogP contribution in [0.1, 0.15) is 11.1 Å². The lowest BCUT2D eigenvalue weighted by molar-refractivity contribution is 0.354. The van der Waals surface area contributed by atoms with Crippen molar-refractivity contribution in [1.29, 1.82) is 0 Å². The van der Waals surface area contributed by atoms with Crippen molar-refractivity contribution < 1.29 is 13.9 Å². The average molecular weight is 473 g/mol. The van der Waals surface area contributed by atoms with Crippen LogP contribution in [0.4, 0.5) is 4.39 Å². The van der Waals surface area contributed by atoms with Crippen LogP contribution >= 0.6 is 24.0 Å². The van der Waals surface area contributed by atoms with Gasteiger partial charge in [-0.2, -0.15) is 0 Å². The average Bonchev–Trinajstić information content (AvgIpc) is 2.63. The Bertz CT molecular complexity index is 723. The van der Waals surface area contributed by atoms with Gasteiger partial charge in [0.1, 0.15) is 5.82 Å². The van der Waals surface area contributed by atoms with Crippen LogP contribution in [0.25, 0.3) is 0 Å². The molecule has 0 saturated carbocycles. The van der Waals surface area contributed by atoms with E-state index in [9.17, 15) is 4.39 Å². The van der Waals surface area contributed by atoms with Gasteiger partial charge < -0.3 is 19.7 Å². The molecule has 2 aromatic carbocycles. The Labute approximate surface area is 171 Å². The standard InChI is InChI=1S/C19H24FN3O2.HI/c1-21-19(23(2)13-14-5-8-16(20)9-6-14)22-12-15-7-10-17(24-3)18(11-15)25-4;/h5-11H,12-13H2,1-4H3,(H,21,22);1H. The molecule has 0 aliphatic heterocycles. The lowest BCUT2D eigenvalue weighted by Gasteiger charge is -2.22. The predicted octanol–water partition coefficient (Wildman–Crippen LogP) is 3.67. The van der Waals surface area contributed by atoms with Crippen LogP contribution in [0.15, 0.2) is 47.5 Å². The third kappa shape index (κ3) is 6.05. The zero-order chi connectivity index (χ0) is 18.2. The molecule has 2 aromatic rings. The van der Waals surface area contributed by atoms with Gasteiger partial charge in [-0.25, -0.2) is 4.39 Å². The number of rotatable bonds is 6. The van der Waals surface area contributed by atoms with Gasteiger partial charge in [0.05, 0.1) is 14.2 Å². The van der Waals surface area contributed by atoms with Crippen LogP contribution in [-0.4, -0.2) is 39.2 Å². The molecule has 0 radical (unpaired) electrons. The molecular weight excluding hydrogens is 448 g/mol. The fourth-order valence-corrected chi connectivity index (χ4v) is 2.49. The zero-order valence-corrected chi connectivity index (χ0v) is 17.8. The molecule has 7 heteroatoms.